The van der Waals surface area contributed by atoms with Crippen LogP contribution in [-0.2, 0) is 0 Å². The highest BCUT2D eigenvalue weighted by atomic mass is 19.4. The molecule has 4 aliphatic carbocycles. The first-order valence-electron chi connectivity index (χ1n) is 15.6. The number of aromatic amines is 1. The number of nitrogens with zero attached hydrogens (tertiary/aromatic N) is 3. The number of hydrogen-bond acceptors (Lipinski definition) is 5. The van der Waals surface area contributed by atoms with Crippen LogP contribution < -0.4 is 9.64 Å². The summed E-state index contributed by atoms with van der Waals surface area (Å²) in [4.78, 5) is 24.0. The van der Waals surface area contributed by atoms with E-state index in [2.05, 4.69) is 33.6 Å². The van der Waals surface area contributed by atoms with E-state index in [4.69, 9.17) is 4.74 Å². The molecule has 4 fully saturated rings. The Kier molecular flexibility index (Phi) is 6.99. The van der Waals surface area contributed by atoms with Crippen molar-refractivity contribution in [3.05, 3.63) is 59.4 Å². The number of H-pyrrole nitrogens is 1. The third kappa shape index (κ3) is 5.35. The molecule has 1 aliphatic heterocycles. The molecule has 1 atom stereocenters. The summed E-state index contributed by atoms with van der Waals surface area (Å²) < 4.78 is 46.3. The Balaban J connectivity index is 1.05. The number of allylic oxidation sites excluding steroid dienone is 1. The van der Waals surface area contributed by atoms with E-state index in [9.17, 15) is 23.1 Å². The number of ether oxygens (including phenoxy) is 1. The van der Waals surface area contributed by atoms with E-state index in [0.717, 1.165) is 81.5 Å². The number of aromatic nitrogens is 2. The van der Waals surface area contributed by atoms with Gasteiger partial charge in [-0.2, -0.15) is 13.2 Å². The highest BCUT2D eigenvalue weighted by molar-refractivity contribution is 5.92. The second-order valence-corrected chi connectivity index (χ2v) is 14.1. The quantitative estimate of drug-likeness (QED) is 0.256. The highest BCUT2D eigenvalue weighted by Gasteiger charge is 2.68. The molecule has 3 heterocycles. The molecule has 234 valence electrons. The van der Waals surface area contributed by atoms with Gasteiger partial charge in [0.2, 0.25) is 0 Å². The molecule has 1 aromatic carbocycles. The van der Waals surface area contributed by atoms with Crippen LogP contribution in [-0.4, -0.2) is 64.8 Å². The summed E-state index contributed by atoms with van der Waals surface area (Å²) in [5, 5.41) is 10.7. The van der Waals surface area contributed by atoms with E-state index in [1.807, 2.05) is 18.2 Å². The predicted molar refractivity (Wildman–Crippen MR) is 162 cm³/mol. The topological polar surface area (TPSA) is 81.7 Å². The van der Waals surface area contributed by atoms with Crippen LogP contribution in [0.25, 0.3) is 11.0 Å². The summed E-state index contributed by atoms with van der Waals surface area (Å²) in [7, 11) is 0. The normalized spacial score (nSPS) is 26.8. The van der Waals surface area contributed by atoms with Crippen molar-refractivity contribution < 1.29 is 27.8 Å². The Morgan fingerprint density at radius 1 is 1.14 bits per heavy atom. The van der Waals surface area contributed by atoms with Gasteiger partial charge < -0.3 is 19.7 Å². The van der Waals surface area contributed by atoms with E-state index in [0.29, 0.717) is 5.75 Å². The second-order valence-electron chi connectivity index (χ2n) is 14.1. The number of aromatic carboxylic acids is 1. The number of halogens is 3. The first-order chi connectivity index (χ1) is 20.9. The summed E-state index contributed by atoms with van der Waals surface area (Å²) in [5.74, 6) is -0.325. The molecule has 1 saturated heterocycles. The SMILES string of the molecule is CC1(C)CCC(CN2CCN(c3ccc(C(=O)O)c(Oc4cnc5[nH]ccc5c4)c3)CC2)=C(C23CC(C2)C3CC(F)(F)F)C1. The monoisotopic (exact) mass is 608 g/mol. The van der Waals surface area contributed by atoms with Crippen LogP contribution in [0.2, 0.25) is 0 Å². The van der Waals surface area contributed by atoms with Crippen LogP contribution in [0.15, 0.2) is 53.9 Å². The molecule has 1 unspecified atom stereocenters. The van der Waals surface area contributed by atoms with Gasteiger partial charge in [0.1, 0.15) is 22.7 Å². The molecular weight excluding hydrogens is 569 g/mol. The molecule has 44 heavy (non-hydrogen) atoms. The summed E-state index contributed by atoms with van der Waals surface area (Å²) >= 11 is 0. The average Bonchev–Trinajstić information content (AvgIpc) is 3.40. The Morgan fingerprint density at radius 2 is 1.91 bits per heavy atom. The third-order valence-electron chi connectivity index (χ3n) is 10.7. The lowest BCUT2D eigenvalue weighted by Gasteiger charge is -2.71. The van der Waals surface area contributed by atoms with Gasteiger partial charge in [-0.1, -0.05) is 25.0 Å². The number of benzene rings is 1. The average molecular weight is 609 g/mol. The number of fused-ring (bicyclic) bond motifs is 1. The molecule has 2 bridgehead atoms. The van der Waals surface area contributed by atoms with Crippen LogP contribution in [0.1, 0.15) is 62.7 Å². The van der Waals surface area contributed by atoms with E-state index in [1.165, 1.54) is 11.1 Å². The maximum atomic E-state index is 13.4. The fourth-order valence-electron chi connectivity index (χ4n) is 8.22. The van der Waals surface area contributed by atoms with Crippen molar-refractivity contribution in [2.24, 2.45) is 22.7 Å². The number of alkyl halides is 3. The number of anilines is 1. The molecule has 5 aliphatic rings. The molecule has 0 amide bonds. The van der Waals surface area contributed by atoms with Gasteiger partial charge in [0.25, 0.3) is 0 Å². The van der Waals surface area contributed by atoms with Crippen LogP contribution >= 0.6 is 0 Å². The predicted octanol–water partition coefficient (Wildman–Crippen LogP) is 7.66. The lowest BCUT2D eigenvalue weighted by atomic mass is 9.33. The highest BCUT2D eigenvalue weighted by Crippen LogP contribution is 2.76. The molecule has 0 spiro atoms. The Hall–Kier alpha value is -3.53. The summed E-state index contributed by atoms with van der Waals surface area (Å²) in [5.41, 5.74) is 4.35. The number of carboxylic acid groups (broad SMARTS) is 1. The Morgan fingerprint density at radius 3 is 2.59 bits per heavy atom. The summed E-state index contributed by atoms with van der Waals surface area (Å²) in [6, 6.07) is 8.90. The van der Waals surface area contributed by atoms with Gasteiger partial charge in [0.15, 0.2) is 0 Å². The first-order valence-corrected chi connectivity index (χ1v) is 15.6. The van der Waals surface area contributed by atoms with E-state index < -0.39 is 18.6 Å². The molecular formula is C34H39F3N4O3. The van der Waals surface area contributed by atoms with Crippen LogP contribution in [0, 0.1) is 22.7 Å². The van der Waals surface area contributed by atoms with Crippen LogP contribution in [0.5, 0.6) is 11.5 Å². The minimum atomic E-state index is -4.10. The molecule has 7 nitrogen and oxygen atoms in total. The number of piperazine rings is 1. The van der Waals surface area contributed by atoms with Crippen molar-refractivity contribution in [2.45, 2.75) is 58.5 Å². The van der Waals surface area contributed by atoms with Crippen molar-refractivity contribution >= 4 is 22.7 Å². The lowest BCUT2D eigenvalue weighted by molar-refractivity contribution is -0.233. The van der Waals surface area contributed by atoms with Gasteiger partial charge >= 0.3 is 12.1 Å². The molecule has 2 aromatic heterocycles. The van der Waals surface area contributed by atoms with Gasteiger partial charge in [0.05, 0.1) is 6.20 Å². The zero-order valence-corrected chi connectivity index (χ0v) is 25.2. The Bertz CT molecular complexity index is 1610. The number of carboxylic acids is 1. The van der Waals surface area contributed by atoms with Crippen molar-refractivity contribution in [1.29, 1.82) is 0 Å². The van der Waals surface area contributed by atoms with Gasteiger partial charge in [-0.3, -0.25) is 4.90 Å². The molecule has 0 radical (unpaired) electrons. The smallest absolute Gasteiger partial charge is 0.389 e. The number of hydrogen-bond donors (Lipinski definition) is 2. The van der Waals surface area contributed by atoms with Gasteiger partial charge in [-0.15, -0.1) is 0 Å². The summed E-state index contributed by atoms with van der Waals surface area (Å²) in [6.45, 7) is 8.53. The number of rotatable bonds is 8. The van der Waals surface area contributed by atoms with Crippen molar-refractivity contribution in [3.8, 4) is 11.5 Å². The third-order valence-corrected chi connectivity index (χ3v) is 10.7. The van der Waals surface area contributed by atoms with E-state index in [-0.39, 0.29) is 34.0 Å². The molecule has 3 aromatic rings. The van der Waals surface area contributed by atoms with E-state index >= 15 is 0 Å². The largest absolute Gasteiger partial charge is 0.478 e. The maximum absolute atomic E-state index is 13.4. The first kappa shape index (κ1) is 29.2. The van der Waals surface area contributed by atoms with Gasteiger partial charge in [-0.25, -0.2) is 9.78 Å². The summed E-state index contributed by atoms with van der Waals surface area (Å²) in [6.07, 6.45) is 3.43. The second kappa shape index (κ2) is 10.5. The van der Waals surface area contributed by atoms with Crippen LogP contribution in [0.4, 0.5) is 18.9 Å². The molecule has 3 saturated carbocycles. The number of carbonyl (C=O) groups is 1. The van der Waals surface area contributed by atoms with Crippen LogP contribution in [0.3, 0.4) is 0 Å². The Labute approximate surface area is 255 Å². The van der Waals surface area contributed by atoms with Crippen molar-refractivity contribution in [2.75, 3.05) is 37.6 Å². The van der Waals surface area contributed by atoms with Crippen molar-refractivity contribution in [3.63, 3.8) is 0 Å². The zero-order valence-electron chi connectivity index (χ0n) is 25.2. The van der Waals surface area contributed by atoms with Gasteiger partial charge in [-0.05, 0) is 79.0 Å². The standard InChI is InChI=1S/C34H39F3N4O3/c1-32(2)7-5-22(27(17-32)33-15-23(16-33)28(33)18-34(35,36)37)20-40-9-11-41(12-10-40)24-3-4-26(31(42)43)29(14-24)44-25-13-21-6-8-38-30(21)39-19-25/h3-4,6,8,13-14,19,23,28H,5,7,9-12,15-18,20H2,1-2H3,(H,38,39)(H,42,43). The zero-order chi connectivity index (χ0) is 30.9. The molecule has 10 heteroatoms. The lowest BCUT2D eigenvalue weighted by Crippen LogP contribution is -2.64. The van der Waals surface area contributed by atoms with E-state index in [1.54, 1.807) is 24.5 Å². The maximum Gasteiger partial charge on any atom is 0.389 e. The fourth-order valence-corrected chi connectivity index (χ4v) is 8.22. The van der Waals surface area contributed by atoms with Gasteiger partial charge in [0, 0.05) is 62.5 Å². The molecule has 8 rings (SSSR count). The minimum absolute atomic E-state index is 0.0821. The number of pyridine rings is 1. The van der Waals surface area contributed by atoms with Crippen molar-refractivity contribution in [1.82, 2.24) is 14.9 Å². The fraction of sp³-hybridized carbons (Fsp3) is 0.529. The minimum Gasteiger partial charge on any atom is -0.478 e. The molecule has 2 N–H and O–H groups in total. The number of nitrogens with one attached hydrogen (secondary N) is 1.